The Balaban J connectivity index is 1.51. The second-order valence-electron chi connectivity index (χ2n) is 5.62. The van der Waals surface area contributed by atoms with Crippen LogP contribution in [0.2, 0.25) is 5.02 Å². The van der Waals surface area contributed by atoms with Gasteiger partial charge in [-0.25, -0.2) is 0 Å². The van der Waals surface area contributed by atoms with E-state index < -0.39 is 0 Å². The van der Waals surface area contributed by atoms with Gasteiger partial charge in [0, 0.05) is 36.9 Å². The molecule has 1 atom stereocenters. The number of halogens is 1. The van der Waals surface area contributed by atoms with Crippen LogP contribution in [0.3, 0.4) is 0 Å². The fourth-order valence-corrected chi connectivity index (χ4v) is 2.86. The van der Waals surface area contributed by atoms with Crippen LogP contribution >= 0.6 is 11.6 Å². The molecular formula is C17H20ClN3O2. The fraction of sp³-hybridized carbons (Fsp3) is 0.412. The van der Waals surface area contributed by atoms with Crippen molar-refractivity contribution in [2.24, 2.45) is 0 Å². The quantitative estimate of drug-likeness (QED) is 0.845. The molecular weight excluding hydrogens is 314 g/mol. The number of carbonyl (C=O) groups excluding carboxylic acids is 1. The van der Waals surface area contributed by atoms with Crippen LogP contribution in [0.5, 0.6) is 0 Å². The number of amides is 1. The van der Waals surface area contributed by atoms with Gasteiger partial charge in [-0.1, -0.05) is 23.7 Å². The molecule has 6 heteroatoms. The SMILES string of the molecule is O=C(CCCn1cccn1)N1CCO[C@H](c2ccc(Cl)cc2)C1. The minimum atomic E-state index is -0.0731. The highest BCUT2D eigenvalue weighted by Gasteiger charge is 2.24. The third-order valence-electron chi connectivity index (χ3n) is 4.00. The Bertz CT molecular complexity index is 628. The second kappa shape index (κ2) is 7.62. The van der Waals surface area contributed by atoms with Gasteiger partial charge >= 0.3 is 0 Å². The number of rotatable bonds is 5. The summed E-state index contributed by atoms with van der Waals surface area (Å²) in [7, 11) is 0. The van der Waals surface area contributed by atoms with Gasteiger partial charge in [0.25, 0.3) is 0 Å². The summed E-state index contributed by atoms with van der Waals surface area (Å²) in [5, 5.41) is 4.85. The van der Waals surface area contributed by atoms with E-state index in [2.05, 4.69) is 5.10 Å². The number of ether oxygens (including phenoxy) is 1. The highest BCUT2D eigenvalue weighted by atomic mass is 35.5. The number of benzene rings is 1. The van der Waals surface area contributed by atoms with Gasteiger partial charge in [-0.2, -0.15) is 5.10 Å². The average Bonchev–Trinajstić information content (AvgIpc) is 3.09. The van der Waals surface area contributed by atoms with Gasteiger partial charge in [0.05, 0.1) is 13.2 Å². The van der Waals surface area contributed by atoms with Crippen molar-refractivity contribution in [1.82, 2.24) is 14.7 Å². The molecule has 23 heavy (non-hydrogen) atoms. The van der Waals surface area contributed by atoms with Gasteiger partial charge in [-0.05, 0) is 30.2 Å². The maximum Gasteiger partial charge on any atom is 0.222 e. The van der Waals surface area contributed by atoms with Gasteiger partial charge in [0.1, 0.15) is 6.10 Å². The van der Waals surface area contributed by atoms with E-state index >= 15 is 0 Å². The fourth-order valence-electron chi connectivity index (χ4n) is 2.74. The van der Waals surface area contributed by atoms with Crippen molar-refractivity contribution >= 4 is 17.5 Å². The van der Waals surface area contributed by atoms with Crippen molar-refractivity contribution in [2.75, 3.05) is 19.7 Å². The first kappa shape index (κ1) is 16.0. The first-order valence-corrected chi connectivity index (χ1v) is 8.22. The van der Waals surface area contributed by atoms with Crippen LogP contribution in [0.25, 0.3) is 0 Å². The van der Waals surface area contributed by atoms with E-state index in [4.69, 9.17) is 16.3 Å². The van der Waals surface area contributed by atoms with Gasteiger partial charge < -0.3 is 9.64 Å². The average molecular weight is 334 g/mol. The van der Waals surface area contributed by atoms with Gasteiger partial charge in [0.2, 0.25) is 5.91 Å². The topological polar surface area (TPSA) is 47.4 Å². The van der Waals surface area contributed by atoms with Crippen molar-refractivity contribution in [3.8, 4) is 0 Å². The minimum Gasteiger partial charge on any atom is -0.370 e. The number of hydrogen-bond donors (Lipinski definition) is 0. The Morgan fingerprint density at radius 3 is 2.91 bits per heavy atom. The highest BCUT2D eigenvalue weighted by molar-refractivity contribution is 6.30. The Kier molecular flexibility index (Phi) is 5.31. The molecule has 1 saturated heterocycles. The highest BCUT2D eigenvalue weighted by Crippen LogP contribution is 2.24. The Hall–Kier alpha value is -1.85. The summed E-state index contributed by atoms with van der Waals surface area (Å²) in [6.45, 7) is 2.59. The molecule has 0 N–H and O–H groups in total. The second-order valence-corrected chi connectivity index (χ2v) is 6.06. The van der Waals surface area contributed by atoms with Crippen molar-refractivity contribution in [3.05, 3.63) is 53.3 Å². The summed E-state index contributed by atoms with van der Waals surface area (Å²) < 4.78 is 7.65. The Morgan fingerprint density at radius 2 is 2.17 bits per heavy atom. The molecule has 2 aromatic rings. The maximum absolute atomic E-state index is 12.4. The molecule has 5 nitrogen and oxygen atoms in total. The number of aromatic nitrogens is 2. The van der Waals surface area contributed by atoms with Crippen LogP contribution in [-0.4, -0.2) is 40.3 Å². The molecule has 3 rings (SSSR count). The molecule has 1 aliphatic heterocycles. The maximum atomic E-state index is 12.4. The van der Waals surface area contributed by atoms with Crippen molar-refractivity contribution in [1.29, 1.82) is 0 Å². The molecule has 1 aromatic heterocycles. The van der Waals surface area contributed by atoms with Crippen LogP contribution in [-0.2, 0) is 16.1 Å². The molecule has 2 heterocycles. The smallest absolute Gasteiger partial charge is 0.222 e. The predicted octanol–water partition coefficient (Wildman–Crippen LogP) is 2.92. The lowest BCUT2D eigenvalue weighted by atomic mass is 10.1. The standard InChI is InChI=1S/C17H20ClN3O2/c18-15-6-4-14(5-7-15)16-13-20(11-12-23-16)17(22)3-1-9-21-10-2-8-19-21/h2,4-8,10,16H,1,3,9,11-13H2/t16-/m0/s1. The zero-order chi connectivity index (χ0) is 16.1. The molecule has 1 aromatic carbocycles. The van der Waals surface area contributed by atoms with Gasteiger partial charge in [0.15, 0.2) is 0 Å². The van der Waals surface area contributed by atoms with E-state index in [0.29, 0.717) is 31.1 Å². The lowest BCUT2D eigenvalue weighted by molar-refractivity contribution is -0.139. The monoisotopic (exact) mass is 333 g/mol. The molecule has 0 aliphatic carbocycles. The molecule has 1 amide bonds. The number of nitrogens with zero attached hydrogens (tertiary/aromatic N) is 3. The summed E-state index contributed by atoms with van der Waals surface area (Å²) in [5.41, 5.74) is 1.06. The lowest BCUT2D eigenvalue weighted by Crippen LogP contribution is -2.42. The van der Waals surface area contributed by atoms with Crippen LogP contribution in [0.1, 0.15) is 24.5 Å². The van der Waals surface area contributed by atoms with E-state index in [1.54, 1.807) is 6.20 Å². The van der Waals surface area contributed by atoms with E-state index in [1.807, 2.05) is 46.1 Å². The van der Waals surface area contributed by atoms with Crippen LogP contribution in [0.4, 0.5) is 0 Å². The number of hydrogen-bond acceptors (Lipinski definition) is 3. The van der Waals surface area contributed by atoms with Gasteiger partial charge in [-0.3, -0.25) is 9.48 Å². The number of morpholine rings is 1. The minimum absolute atomic E-state index is 0.0731. The zero-order valence-electron chi connectivity index (χ0n) is 12.9. The first-order chi connectivity index (χ1) is 11.2. The largest absolute Gasteiger partial charge is 0.370 e. The van der Waals surface area contributed by atoms with Crippen molar-refractivity contribution in [3.63, 3.8) is 0 Å². The molecule has 1 fully saturated rings. The van der Waals surface area contributed by atoms with E-state index in [1.165, 1.54) is 0 Å². The summed E-state index contributed by atoms with van der Waals surface area (Å²) in [5.74, 6) is 0.180. The Labute approximate surface area is 140 Å². The van der Waals surface area contributed by atoms with Gasteiger partial charge in [-0.15, -0.1) is 0 Å². The molecule has 0 saturated carbocycles. The first-order valence-electron chi connectivity index (χ1n) is 7.84. The molecule has 0 bridgehead atoms. The third-order valence-corrected chi connectivity index (χ3v) is 4.25. The normalized spacial score (nSPS) is 18.1. The van der Waals surface area contributed by atoms with E-state index in [9.17, 15) is 4.79 Å². The molecule has 122 valence electrons. The summed E-state index contributed by atoms with van der Waals surface area (Å²) in [6.07, 6.45) is 4.92. The summed E-state index contributed by atoms with van der Waals surface area (Å²) in [4.78, 5) is 14.3. The van der Waals surface area contributed by atoms with Crippen LogP contribution in [0.15, 0.2) is 42.7 Å². The summed E-state index contributed by atoms with van der Waals surface area (Å²) in [6, 6.07) is 9.51. The zero-order valence-corrected chi connectivity index (χ0v) is 13.7. The molecule has 0 unspecified atom stereocenters. The van der Waals surface area contributed by atoms with E-state index in [0.717, 1.165) is 18.5 Å². The lowest BCUT2D eigenvalue weighted by Gasteiger charge is -2.33. The van der Waals surface area contributed by atoms with Crippen LogP contribution < -0.4 is 0 Å². The van der Waals surface area contributed by atoms with E-state index in [-0.39, 0.29) is 12.0 Å². The number of aryl methyl sites for hydroxylation is 1. The van der Waals surface area contributed by atoms with Crippen LogP contribution in [0, 0.1) is 0 Å². The van der Waals surface area contributed by atoms with Crippen molar-refractivity contribution in [2.45, 2.75) is 25.5 Å². The third kappa shape index (κ3) is 4.33. The number of carbonyl (C=O) groups is 1. The molecule has 0 spiro atoms. The van der Waals surface area contributed by atoms with Crippen molar-refractivity contribution < 1.29 is 9.53 Å². The molecule has 1 aliphatic rings. The molecule has 0 radical (unpaired) electrons. The summed E-state index contributed by atoms with van der Waals surface area (Å²) >= 11 is 5.92. The predicted molar refractivity (Wildman–Crippen MR) is 88.2 cm³/mol. The Morgan fingerprint density at radius 1 is 1.35 bits per heavy atom.